The highest BCUT2D eigenvalue weighted by atomic mass is 16.4. The number of carbonyl (C=O) groups is 1. The van der Waals surface area contributed by atoms with Crippen LogP contribution in [0.15, 0.2) is 30.3 Å². The Hall–Kier alpha value is -2.30. The summed E-state index contributed by atoms with van der Waals surface area (Å²) in [6.07, 6.45) is 0.893. The summed E-state index contributed by atoms with van der Waals surface area (Å²) in [6, 6.07) is 8.91. The topological polar surface area (TPSA) is 67.2 Å². The Morgan fingerprint density at radius 3 is 2.84 bits per heavy atom. The van der Waals surface area contributed by atoms with E-state index in [4.69, 9.17) is 5.11 Å². The van der Waals surface area contributed by atoms with Crippen LogP contribution < -0.4 is 5.32 Å². The van der Waals surface area contributed by atoms with Crippen molar-refractivity contribution in [3.63, 3.8) is 0 Å². The molecule has 2 rings (SSSR count). The van der Waals surface area contributed by atoms with Crippen LogP contribution in [0.25, 0.3) is 0 Å². The number of hydrogen-bond donors (Lipinski definition) is 2. The molecule has 2 aromatic rings. The first-order chi connectivity index (χ1) is 9.10. The number of aromatic carboxylic acids is 1. The molecule has 0 fully saturated rings. The van der Waals surface area contributed by atoms with E-state index in [1.54, 1.807) is 22.9 Å². The summed E-state index contributed by atoms with van der Waals surface area (Å²) in [5, 5.41) is 16.5. The van der Waals surface area contributed by atoms with Gasteiger partial charge in [0.05, 0.1) is 11.3 Å². The SMILES string of the molecule is CCc1cc(NCc2cccc(C(=O)O)c2)n(C)n1. The van der Waals surface area contributed by atoms with Crippen molar-refractivity contribution in [1.82, 2.24) is 9.78 Å². The number of nitrogens with zero attached hydrogens (tertiary/aromatic N) is 2. The lowest BCUT2D eigenvalue weighted by Crippen LogP contribution is -2.05. The molecule has 1 heterocycles. The first kappa shape index (κ1) is 13.1. The van der Waals surface area contributed by atoms with Crippen molar-refractivity contribution in [3.05, 3.63) is 47.2 Å². The summed E-state index contributed by atoms with van der Waals surface area (Å²) in [5.74, 6) is 0.0215. The second-order valence-corrected chi connectivity index (χ2v) is 4.36. The van der Waals surface area contributed by atoms with Crippen LogP contribution in [0.1, 0.15) is 28.5 Å². The zero-order valence-electron chi connectivity index (χ0n) is 11.1. The third-order valence-corrected chi connectivity index (χ3v) is 2.94. The molecule has 1 aromatic carbocycles. The molecular formula is C14H17N3O2. The first-order valence-electron chi connectivity index (χ1n) is 6.19. The molecule has 5 nitrogen and oxygen atoms in total. The Morgan fingerprint density at radius 2 is 2.21 bits per heavy atom. The normalized spacial score (nSPS) is 10.4. The van der Waals surface area contributed by atoms with E-state index in [-0.39, 0.29) is 0 Å². The maximum absolute atomic E-state index is 10.9. The van der Waals surface area contributed by atoms with Gasteiger partial charge in [0.2, 0.25) is 0 Å². The minimum Gasteiger partial charge on any atom is -0.478 e. The van der Waals surface area contributed by atoms with Gasteiger partial charge in [-0.25, -0.2) is 4.79 Å². The summed E-state index contributed by atoms with van der Waals surface area (Å²) < 4.78 is 1.79. The van der Waals surface area contributed by atoms with Crippen LogP contribution in [0.3, 0.4) is 0 Å². The molecule has 2 N–H and O–H groups in total. The Morgan fingerprint density at radius 1 is 1.42 bits per heavy atom. The van der Waals surface area contributed by atoms with Crippen molar-refractivity contribution in [2.45, 2.75) is 19.9 Å². The van der Waals surface area contributed by atoms with Gasteiger partial charge in [0.25, 0.3) is 0 Å². The Balaban J connectivity index is 2.07. The van der Waals surface area contributed by atoms with Crippen LogP contribution in [-0.2, 0) is 20.0 Å². The fraction of sp³-hybridized carbons (Fsp3) is 0.286. The third kappa shape index (κ3) is 3.13. The maximum atomic E-state index is 10.9. The molecule has 0 saturated carbocycles. The molecule has 0 radical (unpaired) electrons. The van der Waals surface area contributed by atoms with Gasteiger partial charge in [-0.2, -0.15) is 5.10 Å². The monoisotopic (exact) mass is 259 g/mol. The number of benzene rings is 1. The van der Waals surface area contributed by atoms with Gasteiger partial charge in [-0.1, -0.05) is 19.1 Å². The molecule has 0 saturated heterocycles. The fourth-order valence-corrected chi connectivity index (χ4v) is 1.87. The first-order valence-corrected chi connectivity index (χ1v) is 6.19. The number of aromatic nitrogens is 2. The maximum Gasteiger partial charge on any atom is 0.335 e. The van der Waals surface area contributed by atoms with Gasteiger partial charge in [-0.3, -0.25) is 4.68 Å². The molecule has 19 heavy (non-hydrogen) atoms. The Bertz CT molecular complexity index is 590. The van der Waals surface area contributed by atoms with Gasteiger partial charge in [0, 0.05) is 19.7 Å². The fourth-order valence-electron chi connectivity index (χ4n) is 1.87. The van der Waals surface area contributed by atoms with Gasteiger partial charge in [0.1, 0.15) is 5.82 Å². The number of carboxylic acids is 1. The second kappa shape index (κ2) is 5.56. The average Bonchev–Trinajstić information content (AvgIpc) is 2.77. The number of hydrogen-bond acceptors (Lipinski definition) is 3. The second-order valence-electron chi connectivity index (χ2n) is 4.36. The van der Waals surface area contributed by atoms with E-state index in [0.29, 0.717) is 12.1 Å². The lowest BCUT2D eigenvalue weighted by atomic mass is 10.1. The van der Waals surface area contributed by atoms with Crippen LogP contribution in [0.4, 0.5) is 5.82 Å². The molecule has 0 bridgehead atoms. The molecule has 0 unspecified atom stereocenters. The quantitative estimate of drug-likeness (QED) is 0.864. The van der Waals surface area contributed by atoms with Gasteiger partial charge in [0.15, 0.2) is 0 Å². The molecule has 0 aliphatic carbocycles. The van der Waals surface area contributed by atoms with E-state index < -0.39 is 5.97 Å². The summed E-state index contributed by atoms with van der Waals surface area (Å²) >= 11 is 0. The van der Waals surface area contributed by atoms with Gasteiger partial charge in [-0.05, 0) is 24.1 Å². The molecule has 0 atom stereocenters. The molecule has 0 aliphatic heterocycles. The highest BCUT2D eigenvalue weighted by Crippen LogP contribution is 2.12. The zero-order valence-corrected chi connectivity index (χ0v) is 11.1. The van der Waals surface area contributed by atoms with E-state index in [1.807, 2.05) is 19.2 Å². The third-order valence-electron chi connectivity index (χ3n) is 2.94. The standard InChI is InChI=1S/C14H17N3O2/c1-3-12-8-13(17(2)16-12)15-9-10-5-4-6-11(7-10)14(18)19/h4-8,15H,3,9H2,1-2H3,(H,18,19). The molecule has 5 heteroatoms. The highest BCUT2D eigenvalue weighted by molar-refractivity contribution is 5.87. The molecule has 0 amide bonds. The predicted octanol–water partition coefficient (Wildman–Crippen LogP) is 2.29. The van der Waals surface area contributed by atoms with Crippen molar-refractivity contribution in [2.24, 2.45) is 7.05 Å². The smallest absolute Gasteiger partial charge is 0.335 e. The van der Waals surface area contributed by atoms with Gasteiger partial charge >= 0.3 is 5.97 Å². The Kier molecular flexibility index (Phi) is 3.85. The molecular weight excluding hydrogens is 242 g/mol. The van der Waals surface area contributed by atoms with Gasteiger partial charge in [-0.15, -0.1) is 0 Å². The minimum absolute atomic E-state index is 0.304. The average molecular weight is 259 g/mol. The summed E-state index contributed by atoms with van der Waals surface area (Å²) in [5.41, 5.74) is 2.27. The van der Waals surface area contributed by atoms with E-state index in [9.17, 15) is 4.79 Å². The summed E-state index contributed by atoms with van der Waals surface area (Å²) in [7, 11) is 1.88. The van der Waals surface area contributed by atoms with E-state index >= 15 is 0 Å². The van der Waals surface area contributed by atoms with Gasteiger partial charge < -0.3 is 10.4 Å². The van der Waals surface area contributed by atoms with Crippen molar-refractivity contribution in [2.75, 3.05) is 5.32 Å². The van der Waals surface area contributed by atoms with Crippen LogP contribution in [0, 0.1) is 0 Å². The molecule has 100 valence electrons. The van der Waals surface area contributed by atoms with Crippen LogP contribution in [0.5, 0.6) is 0 Å². The number of carboxylic acid groups (broad SMARTS) is 1. The Labute approximate surface area is 111 Å². The van der Waals surface area contributed by atoms with E-state index in [0.717, 1.165) is 23.5 Å². The highest BCUT2D eigenvalue weighted by Gasteiger charge is 2.05. The number of rotatable bonds is 5. The van der Waals surface area contributed by atoms with Crippen LogP contribution in [0.2, 0.25) is 0 Å². The summed E-state index contributed by atoms with van der Waals surface area (Å²) in [6.45, 7) is 2.63. The van der Waals surface area contributed by atoms with Crippen LogP contribution in [-0.4, -0.2) is 20.9 Å². The largest absolute Gasteiger partial charge is 0.478 e. The van der Waals surface area contributed by atoms with E-state index in [1.165, 1.54) is 0 Å². The van der Waals surface area contributed by atoms with Crippen LogP contribution >= 0.6 is 0 Å². The van der Waals surface area contributed by atoms with Crippen molar-refractivity contribution in [3.8, 4) is 0 Å². The molecule has 0 spiro atoms. The van der Waals surface area contributed by atoms with Crippen molar-refractivity contribution < 1.29 is 9.90 Å². The zero-order chi connectivity index (χ0) is 13.8. The summed E-state index contributed by atoms with van der Waals surface area (Å²) in [4.78, 5) is 10.9. The van der Waals surface area contributed by atoms with Crippen molar-refractivity contribution in [1.29, 1.82) is 0 Å². The lowest BCUT2D eigenvalue weighted by Gasteiger charge is -2.07. The molecule has 0 aliphatic rings. The minimum atomic E-state index is -0.907. The number of anilines is 1. The number of aryl methyl sites for hydroxylation is 2. The number of nitrogens with one attached hydrogen (secondary N) is 1. The molecule has 1 aromatic heterocycles. The predicted molar refractivity (Wildman–Crippen MR) is 73.3 cm³/mol. The van der Waals surface area contributed by atoms with E-state index in [2.05, 4.69) is 17.3 Å². The van der Waals surface area contributed by atoms with Crippen molar-refractivity contribution >= 4 is 11.8 Å². The lowest BCUT2D eigenvalue weighted by molar-refractivity contribution is 0.0697.